The zero-order valence-corrected chi connectivity index (χ0v) is 14.6. The summed E-state index contributed by atoms with van der Waals surface area (Å²) in [6.07, 6.45) is -4.59. The average molecular weight is 369 g/mol. The molecular formula is C18H22F3N3O2. The highest BCUT2D eigenvalue weighted by atomic mass is 19.4. The molecule has 2 saturated heterocycles. The number of piperazine rings is 1. The molecule has 2 aliphatic heterocycles. The Kier molecular flexibility index (Phi) is 5.22. The molecule has 1 unspecified atom stereocenters. The summed E-state index contributed by atoms with van der Waals surface area (Å²) in [6.45, 7) is 5.73. The van der Waals surface area contributed by atoms with Crippen molar-refractivity contribution >= 4 is 17.5 Å². The number of halogens is 3. The van der Waals surface area contributed by atoms with Gasteiger partial charge in [-0.3, -0.25) is 9.59 Å². The number of hydrogen-bond donors (Lipinski definition) is 0. The van der Waals surface area contributed by atoms with Gasteiger partial charge in [0.15, 0.2) is 0 Å². The number of benzene rings is 1. The van der Waals surface area contributed by atoms with Crippen LogP contribution in [0, 0.1) is 5.92 Å². The minimum absolute atomic E-state index is 0.00124. The van der Waals surface area contributed by atoms with Crippen molar-refractivity contribution in [1.29, 1.82) is 0 Å². The minimum Gasteiger partial charge on any atom is -0.340 e. The Morgan fingerprint density at radius 2 is 1.81 bits per heavy atom. The molecule has 0 radical (unpaired) electrons. The maximum atomic E-state index is 13.2. The fourth-order valence-corrected chi connectivity index (χ4v) is 3.60. The first kappa shape index (κ1) is 18.7. The van der Waals surface area contributed by atoms with Gasteiger partial charge in [-0.2, -0.15) is 13.2 Å². The zero-order valence-electron chi connectivity index (χ0n) is 14.6. The molecule has 2 fully saturated rings. The summed E-state index contributed by atoms with van der Waals surface area (Å²) in [5.41, 5.74) is -1.02. The highest BCUT2D eigenvalue weighted by molar-refractivity contribution is 6.00. The van der Waals surface area contributed by atoms with Gasteiger partial charge in [0, 0.05) is 39.1 Å². The van der Waals surface area contributed by atoms with E-state index >= 15 is 0 Å². The number of carbonyl (C=O) groups excluding carboxylic acids is 2. The summed E-state index contributed by atoms with van der Waals surface area (Å²) in [7, 11) is 0. The average Bonchev–Trinajstić information content (AvgIpc) is 3.02. The summed E-state index contributed by atoms with van der Waals surface area (Å²) in [6, 6.07) is 5.01. The molecule has 142 valence electrons. The quantitative estimate of drug-likeness (QED) is 0.821. The van der Waals surface area contributed by atoms with Crippen LogP contribution in [0.15, 0.2) is 24.3 Å². The standard InChI is InChI=1S/C18H22F3N3O2/c1-2-22-7-9-23(10-8-22)17(26)13-11-16(25)24(12-13)15-6-4-3-5-14(15)18(19,20)21/h3-6,13H,2,7-12H2,1H3. The van der Waals surface area contributed by atoms with Crippen LogP contribution < -0.4 is 4.90 Å². The van der Waals surface area contributed by atoms with Crippen LogP contribution in [-0.2, 0) is 15.8 Å². The molecule has 0 spiro atoms. The lowest BCUT2D eigenvalue weighted by Crippen LogP contribution is -2.50. The van der Waals surface area contributed by atoms with E-state index in [1.165, 1.54) is 18.2 Å². The number of para-hydroxylation sites is 1. The summed E-state index contributed by atoms with van der Waals surface area (Å²) in [5, 5.41) is 0. The molecule has 3 rings (SSSR count). The monoisotopic (exact) mass is 369 g/mol. The van der Waals surface area contributed by atoms with Gasteiger partial charge in [0.1, 0.15) is 0 Å². The second-order valence-electron chi connectivity index (χ2n) is 6.68. The van der Waals surface area contributed by atoms with Crippen LogP contribution in [0.1, 0.15) is 18.9 Å². The number of amides is 2. The van der Waals surface area contributed by atoms with Gasteiger partial charge in [-0.15, -0.1) is 0 Å². The Labute approximate surface area is 150 Å². The number of likely N-dealkylation sites (N-methyl/N-ethyl adjacent to an activating group) is 1. The number of hydrogen-bond acceptors (Lipinski definition) is 3. The predicted molar refractivity (Wildman–Crippen MR) is 90.6 cm³/mol. The molecular weight excluding hydrogens is 347 g/mol. The maximum Gasteiger partial charge on any atom is 0.418 e. The number of nitrogens with zero attached hydrogens (tertiary/aromatic N) is 3. The SMILES string of the molecule is CCN1CCN(C(=O)C2CC(=O)N(c3ccccc3C(F)(F)F)C2)CC1. The van der Waals surface area contributed by atoms with Crippen LogP contribution in [0.25, 0.3) is 0 Å². The molecule has 26 heavy (non-hydrogen) atoms. The second-order valence-corrected chi connectivity index (χ2v) is 6.68. The van der Waals surface area contributed by atoms with Gasteiger partial charge in [-0.25, -0.2) is 0 Å². The van der Waals surface area contributed by atoms with E-state index in [2.05, 4.69) is 11.8 Å². The van der Waals surface area contributed by atoms with Crippen LogP contribution >= 0.6 is 0 Å². The number of alkyl halides is 3. The van der Waals surface area contributed by atoms with Crippen LogP contribution in [0.4, 0.5) is 18.9 Å². The van der Waals surface area contributed by atoms with Gasteiger partial charge in [0.05, 0.1) is 17.2 Å². The number of carbonyl (C=O) groups is 2. The highest BCUT2D eigenvalue weighted by Crippen LogP contribution is 2.38. The first-order chi connectivity index (χ1) is 12.3. The lowest BCUT2D eigenvalue weighted by atomic mass is 10.1. The molecule has 0 aliphatic carbocycles. The van der Waals surface area contributed by atoms with Crippen molar-refractivity contribution in [2.75, 3.05) is 44.2 Å². The normalized spacial score (nSPS) is 22.2. The molecule has 0 bridgehead atoms. The molecule has 2 aliphatic rings. The van der Waals surface area contributed by atoms with Gasteiger partial charge in [0.2, 0.25) is 11.8 Å². The van der Waals surface area contributed by atoms with Crippen LogP contribution in [0.3, 0.4) is 0 Å². The van der Waals surface area contributed by atoms with Crippen molar-refractivity contribution in [2.24, 2.45) is 5.92 Å². The largest absolute Gasteiger partial charge is 0.418 e. The zero-order chi connectivity index (χ0) is 18.9. The first-order valence-electron chi connectivity index (χ1n) is 8.79. The molecule has 0 saturated carbocycles. The molecule has 0 N–H and O–H groups in total. The van der Waals surface area contributed by atoms with Crippen molar-refractivity contribution in [1.82, 2.24) is 9.80 Å². The van der Waals surface area contributed by atoms with E-state index in [1.54, 1.807) is 4.90 Å². The smallest absolute Gasteiger partial charge is 0.340 e. The third-order valence-electron chi connectivity index (χ3n) is 5.11. The van der Waals surface area contributed by atoms with Gasteiger partial charge >= 0.3 is 6.18 Å². The van der Waals surface area contributed by atoms with E-state index in [9.17, 15) is 22.8 Å². The van der Waals surface area contributed by atoms with E-state index in [1.807, 2.05) is 0 Å². The third-order valence-corrected chi connectivity index (χ3v) is 5.11. The van der Waals surface area contributed by atoms with Gasteiger partial charge in [-0.1, -0.05) is 19.1 Å². The number of rotatable bonds is 3. The van der Waals surface area contributed by atoms with Crippen molar-refractivity contribution in [3.05, 3.63) is 29.8 Å². The van der Waals surface area contributed by atoms with Crippen LogP contribution in [-0.4, -0.2) is 60.9 Å². The van der Waals surface area contributed by atoms with Crippen molar-refractivity contribution in [2.45, 2.75) is 19.5 Å². The highest BCUT2D eigenvalue weighted by Gasteiger charge is 2.41. The van der Waals surface area contributed by atoms with Crippen LogP contribution in [0.5, 0.6) is 0 Å². The third kappa shape index (κ3) is 3.70. The molecule has 8 heteroatoms. The van der Waals surface area contributed by atoms with Gasteiger partial charge in [0.25, 0.3) is 0 Å². The van der Waals surface area contributed by atoms with Crippen molar-refractivity contribution in [3.63, 3.8) is 0 Å². The van der Waals surface area contributed by atoms with E-state index in [4.69, 9.17) is 0 Å². The molecule has 1 aromatic rings. The van der Waals surface area contributed by atoms with E-state index in [-0.39, 0.29) is 24.6 Å². The molecule has 0 aromatic heterocycles. The Hall–Kier alpha value is -2.09. The van der Waals surface area contributed by atoms with Crippen molar-refractivity contribution in [3.8, 4) is 0 Å². The van der Waals surface area contributed by atoms with Crippen molar-refractivity contribution < 1.29 is 22.8 Å². The Morgan fingerprint density at radius 1 is 1.15 bits per heavy atom. The molecule has 5 nitrogen and oxygen atoms in total. The Morgan fingerprint density at radius 3 is 2.42 bits per heavy atom. The van der Waals surface area contributed by atoms with E-state index < -0.39 is 23.6 Å². The summed E-state index contributed by atoms with van der Waals surface area (Å²) < 4.78 is 39.7. The molecule has 2 heterocycles. The first-order valence-corrected chi connectivity index (χ1v) is 8.79. The summed E-state index contributed by atoms with van der Waals surface area (Å²) >= 11 is 0. The topological polar surface area (TPSA) is 43.9 Å². The van der Waals surface area contributed by atoms with E-state index in [0.717, 1.165) is 30.6 Å². The predicted octanol–water partition coefficient (Wildman–Crippen LogP) is 2.22. The van der Waals surface area contributed by atoms with E-state index in [0.29, 0.717) is 13.1 Å². The molecule has 2 amide bonds. The Balaban J connectivity index is 1.73. The maximum absolute atomic E-state index is 13.2. The second kappa shape index (κ2) is 7.26. The summed E-state index contributed by atoms with van der Waals surface area (Å²) in [5.74, 6) is -1.16. The lowest BCUT2D eigenvalue weighted by molar-refractivity contribution is -0.138. The lowest BCUT2D eigenvalue weighted by Gasteiger charge is -2.35. The minimum atomic E-state index is -4.55. The van der Waals surface area contributed by atoms with Gasteiger partial charge in [-0.05, 0) is 18.7 Å². The molecule has 1 atom stereocenters. The Bertz CT molecular complexity index is 685. The van der Waals surface area contributed by atoms with Crippen LogP contribution in [0.2, 0.25) is 0 Å². The summed E-state index contributed by atoms with van der Waals surface area (Å²) in [4.78, 5) is 30.1. The van der Waals surface area contributed by atoms with Gasteiger partial charge < -0.3 is 14.7 Å². The fourth-order valence-electron chi connectivity index (χ4n) is 3.60. The fraction of sp³-hybridized carbons (Fsp3) is 0.556. The molecule has 1 aromatic carbocycles. The number of anilines is 1.